The summed E-state index contributed by atoms with van der Waals surface area (Å²) in [5.41, 5.74) is 1.31. The van der Waals surface area contributed by atoms with Crippen LogP contribution in [0.15, 0.2) is 18.2 Å². The van der Waals surface area contributed by atoms with Gasteiger partial charge in [0.15, 0.2) is 9.84 Å². The maximum Gasteiger partial charge on any atom is 0.271 e. The molecule has 1 aromatic carbocycles. The van der Waals surface area contributed by atoms with Crippen LogP contribution in [0, 0.1) is 17.0 Å². The smallest absolute Gasteiger partial charge is 0.271 e. The zero-order valence-corrected chi connectivity index (χ0v) is 11.2. The molecule has 0 aliphatic rings. The Balaban J connectivity index is 2.71. The number of rotatable bonds is 6. The van der Waals surface area contributed by atoms with Gasteiger partial charge in [-0.25, -0.2) is 8.42 Å². The lowest BCUT2D eigenvalue weighted by Crippen LogP contribution is -2.17. The predicted molar refractivity (Wildman–Crippen MR) is 70.7 cm³/mol. The highest BCUT2D eigenvalue weighted by Crippen LogP contribution is 2.20. The fraction of sp³-hybridized carbons (Fsp3) is 0.455. The summed E-state index contributed by atoms with van der Waals surface area (Å²) in [6.45, 7) is 3.59. The van der Waals surface area contributed by atoms with Gasteiger partial charge in [0.25, 0.3) is 5.69 Å². The number of aryl methyl sites for hydroxylation is 1. The molecule has 0 amide bonds. The summed E-state index contributed by atoms with van der Waals surface area (Å²) in [5, 5.41) is 13.6. The highest BCUT2D eigenvalue weighted by Gasteiger charge is 2.09. The average Bonchev–Trinajstić information content (AvgIpc) is 2.28. The zero-order chi connectivity index (χ0) is 13.8. The van der Waals surface area contributed by atoms with Crippen LogP contribution < -0.4 is 5.32 Å². The molecule has 0 unspecified atom stereocenters. The normalized spacial score (nSPS) is 11.2. The van der Waals surface area contributed by atoms with Crippen molar-refractivity contribution in [2.75, 3.05) is 23.4 Å². The second-order valence-corrected chi connectivity index (χ2v) is 6.45. The first-order chi connectivity index (χ1) is 8.34. The van der Waals surface area contributed by atoms with Gasteiger partial charge < -0.3 is 5.32 Å². The van der Waals surface area contributed by atoms with Crippen LogP contribution in [0.4, 0.5) is 11.4 Å². The molecule has 0 aromatic heterocycles. The molecule has 0 heterocycles. The van der Waals surface area contributed by atoms with Crippen LogP contribution in [0.5, 0.6) is 0 Å². The first-order valence-corrected chi connectivity index (χ1v) is 7.36. The Bertz CT molecular complexity index is 540. The van der Waals surface area contributed by atoms with Gasteiger partial charge in [-0.05, 0) is 18.6 Å². The van der Waals surface area contributed by atoms with Gasteiger partial charge in [-0.1, -0.05) is 6.92 Å². The Morgan fingerprint density at radius 3 is 2.56 bits per heavy atom. The van der Waals surface area contributed by atoms with Crippen LogP contribution >= 0.6 is 0 Å². The van der Waals surface area contributed by atoms with E-state index in [1.165, 1.54) is 12.1 Å². The van der Waals surface area contributed by atoms with Gasteiger partial charge in [0.2, 0.25) is 0 Å². The first kappa shape index (κ1) is 14.4. The molecule has 0 spiro atoms. The topological polar surface area (TPSA) is 89.3 Å². The van der Waals surface area contributed by atoms with E-state index < -0.39 is 14.8 Å². The van der Waals surface area contributed by atoms with Crippen LogP contribution in [-0.2, 0) is 9.84 Å². The van der Waals surface area contributed by atoms with Crippen molar-refractivity contribution >= 4 is 21.2 Å². The monoisotopic (exact) mass is 272 g/mol. The average molecular weight is 272 g/mol. The minimum absolute atomic E-state index is 0.00384. The largest absolute Gasteiger partial charge is 0.384 e. The van der Waals surface area contributed by atoms with Crippen LogP contribution in [0.3, 0.4) is 0 Å². The minimum Gasteiger partial charge on any atom is -0.384 e. The van der Waals surface area contributed by atoms with E-state index in [9.17, 15) is 18.5 Å². The van der Waals surface area contributed by atoms with E-state index in [0.29, 0.717) is 5.69 Å². The quantitative estimate of drug-likeness (QED) is 0.629. The molecule has 0 saturated carbocycles. The van der Waals surface area contributed by atoms with Gasteiger partial charge in [0.05, 0.1) is 10.7 Å². The summed E-state index contributed by atoms with van der Waals surface area (Å²) in [6.07, 6.45) is 0. The molecular formula is C11H16N2O4S. The Hall–Kier alpha value is -1.63. The second-order valence-electron chi connectivity index (χ2n) is 3.98. The molecule has 1 rings (SSSR count). The fourth-order valence-corrected chi connectivity index (χ4v) is 2.17. The molecule has 0 saturated heterocycles. The summed E-state index contributed by atoms with van der Waals surface area (Å²) in [5.74, 6) is 0.119. The Labute approximate surface area is 106 Å². The van der Waals surface area contributed by atoms with Gasteiger partial charge in [-0.2, -0.15) is 0 Å². The highest BCUT2D eigenvalue weighted by molar-refractivity contribution is 7.91. The first-order valence-electron chi connectivity index (χ1n) is 5.54. The second kappa shape index (κ2) is 5.81. The number of hydrogen-bond acceptors (Lipinski definition) is 5. The number of nitrogens with zero attached hydrogens (tertiary/aromatic N) is 1. The van der Waals surface area contributed by atoms with E-state index in [4.69, 9.17) is 0 Å². The maximum atomic E-state index is 11.3. The number of hydrogen-bond donors (Lipinski definition) is 1. The van der Waals surface area contributed by atoms with Crippen molar-refractivity contribution < 1.29 is 13.3 Å². The lowest BCUT2D eigenvalue weighted by molar-refractivity contribution is -0.384. The number of nitro benzene ring substituents is 1. The van der Waals surface area contributed by atoms with Crippen LogP contribution in [-0.4, -0.2) is 31.4 Å². The molecule has 18 heavy (non-hydrogen) atoms. The van der Waals surface area contributed by atoms with Crippen molar-refractivity contribution in [3.05, 3.63) is 33.9 Å². The summed E-state index contributed by atoms with van der Waals surface area (Å²) in [4.78, 5) is 10.2. The van der Waals surface area contributed by atoms with Crippen LogP contribution in [0.2, 0.25) is 0 Å². The fourth-order valence-electron chi connectivity index (χ4n) is 1.47. The van der Waals surface area contributed by atoms with E-state index in [1.807, 2.05) is 0 Å². The molecule has 0 aliphatic carbocycles. The number of nitrogens with one attached hydrogen (secondary N) is 1. The SMILES string of the molecule is CCS(=O)(=O)CCNc1cc(C)cc([N+](=O)[O-])c1. The van der Waals surface area contributed by atoms with Crippen molar-refractivity contribution in [3.63, 3.8) is 0 Å². The number of benzene rings is 1. The molecular weight excluding hydrogens is 256 g/mol. The molecule has 0 fully saturated rings. The highest BCUT2D eigenvalue weighted by atomic mass is 32.2. The molecule has 0 aliphatic heterocycles. The van der Waals surface area contributed by atoms with Crippen molar-refractivity contribution in [3.8, 4) is 0 Å². The zero-order valence-electron chi connectivity index (χ0n) is 10.3. The molecule has 6 nitrogen and oxygen atoms in total. The lowest BCUT2D eigenvalue weighted by Gasteiger charge is -2.07. The van der Waals surface area contributed by atoms with E-state index in [2.05, 4.69) is 5.32 Å². The van der Waals surface area contributed by atoms with Crippen molar-refractivity contribution in [2.24, 2.45) is 0 Å². The summed E-state index contributed by atoms with van der Waals surface area (Å²) < 4.78 is 22.6. The molecule has 7 heteroatoms. The molecule has 0 bridgehead atoms. The Morgan fingerprint density at radius 1 is 1.33 bits per heavy atom. The molecule has 1 aromatic rings. The Kier molecular flexibility index (Phi) is 4.66. The van der Waals surface area contributed by atoms with Gasteiger partial charge in [0, 0.05) is 30.1 Å². The predicted octanol–water partition coefficient (Wildman–Crippen LogP) is 1.75. The number of non-ortho nitro benzene ring substituents is 1. The molecule has 0 atom stereocenters. The van der Waals surface area contributed by atoms with Gasteiger partial charge >= 0.3 is 0 Å². The number of anilines is 1. The summed E-state index contributed by atoms with van der Waals surface area (Å²) in [7, 11) is -3.02. The van der Waals surface area contributed by atoms with E-state index >= 15 is 0 Å². The maximum absolute atomic E-state index is 11.3. The summed E-state index contributed by atoms with van der Waals surface area (Å²) >= 11 is 0. The lowest BCUT2D eigenvalue weighted by atomic mass is 10.2. The standard InChI is InChI=1S/C11H16N2O4S/c1-3-18(16,17)5-4-12-10-6-9(2)7-11(8-10)13(14)15/h6-8,12H,3-5H2,1-2H3. The van der Waals surface area contributed by atoms with Crippen molar-refractivity contribution in [2.45, 2.75) is 13.8 Å². The summed E-state index contributed by atoms with van der Waals surface area (Å²) in [6, 6.07) is 4.60. The number of sulfone groups is 1. The van der Waals surface area contributed by atoms with Gasteiger partial charge in [0.1, 0.15) is 0 Å². The van der Waals surface area contributed by atoms with E-state index in [0.717, 1.165) is 5.56 Å². The van der Waals surface area contributed by atoms with Crippen molar-refractivity contribution in [1.29, 1.82) is 0 Å². The van der Waals surface area contributed by atoms with Crippen LogP contribution in [0.25, 0.3) is 0 Å². The van der Waals surface area contributed by atoms with Gasteiger partial charge in [-0.15, -0.1) is 0 Å². The molecule has 1 N–H and O–H groups in total. The van der Waals surface area contributed by atoms with Gasteiger partial charge in [-0.3, -0.25) is 10.1 Å². The molecule has 100 valence electrons. The third-order valence-electron chi connectivity index (χ3n) is 2.45. The Morgan fingerprint density at radius 2 is 2.00 bits per heavy atom. The van der Waals surface area contributed by atoms with E-state index in [-0.39, 0.29) is 23.7 Å². The van der Waals surface area contributed by atoms with Crippen molar-refractivity contribution in [1.82, 2.24) is 0 Å². The van der Waals surface area contributed by atoms with Crippen LogP contribution in [0.1, 0.15) is 12.5 Å². The molecule has 0 radical (unpaired) electrons. The number of nitro groups is 1. The third kappa shape index (κ3) is 4.33. The van der Waals surface area contributed by atoms with E-state index in [1.54, 1.807) is 19.9 Å². The third-order valence-corrected chi connectivity index (χ3v) is 4.16. The minimum atomic E-state index is -3.02.